The molecule has 1 amide bonds. The van der Waals surface area contributed by atoms with E-state index in [0.29, 0.717) is 6.42 Å². The van der Waals surface area contributed by atoms with Crippen LogP contribution >= 0.6 is 0 Å². The molecule has 3 nitrogen and oxygen atoms in total. The van der Waals surface area contributed by atoms with Crippen LogP contribution < -0.4 is 5.32 Å². The van der Waals surface area contributed by atoms with Gasteiger partial charge in [0.1, 0.15) is 6.17 Å². The number of hydrogen-bond acceptors (Lipinski definition) is 2. The Bertz CT molecular complexity index is 283. The first-order chi connectivity index (χ1) is 6.73. The van der Waals surface area contributed by atoms with E-state index < -0.39 is 18.1 Å². The van der Waals surface area contributed by atoms with E-state index in [1.54, 1.807) is 0 Å². The predicted molar refractivity (Wildman–Crippen MR) is 55.1 cm³/mol. The van der Waals surface area contributed by atoms with E-state index in [-0.39, 0.29) is 17.1 Å². The zero-order valence-electron chi connectivity index (χ0n) is 9.63. The molecule has 1 rings (SSSR count). The van der Waals surface area contributed by atoms with Gasteiger partial charge in [-0.05, 0) is 18.8 Å². The highest BCUT2D eigenvalue weighted by Gasteiger charge is 2.45. The van der Waals surface area contributed by atoms with Gasteiger partial charge in [-0.25, -0.2) is 4.39 Å². The molecule has 1 aliphatic rings. The quantitative estimate of drug-likeness (QED) is 0.774. The molecular weight excluding hydrogens is 197 g/mol. The highest BCUT2D eigenvalue weighted by atomic mass is 19.1. The van der Waals surface area contributed by atoms with E-state index in [2.05, 4.69) is 5.32 Å². The summed E-state index contributed by atoms with van der Waals surface area (Å²) in [4.78, 5) is 22.8. The van der Waals surface area contributed by atoms with Crippen molar-refractivity contribution in [3.63, 3.8) is 0 Å². The fourth-order valence-electron chi connectivity index (χ4n) is 1.61. The summed E-state index contributed by atoms with van der Waals surface area (Å²) in [6.45, 7) is 7.06. The molecule has 3 atom stereocenters. The van der Waals surface area contributed by atoms with Gasteiger partial charge in [0.15, 0.2) is 5.78 Å². The lowest BCUT2D eigenvalue weighted by molar-refractivity contribution is -0.130. The van der Waals surface area contributed by atoms with Crippen LogP contribution in [-0.2, 0) is 9.59 Å². The lowest BCUT2D eigenvalue weighted by atomic mass is 9.84. The third kappa shape index (κ3) is 3.01. The van der Waals surface area contributed by atoms with Crippen molar-refractivity contribution in [2.24, 2.45) is 11.3 Å². The van der Waals surface area contributed by atoms with Crippen LogP contribution in [0.3, 0.4) is 0 Å². The molecule has 0 aromatic rings. The Morgan fingerprint density at radius 2 is 1.87 bits per heavy atom. The number of rotatable bonds is 3. The fourth-order valence-corrected chi connectivity index (χ4v) is 1.61. The molecule has 0 spiro atoms. The molecule has 1 fully saturated rings. The van der Waals surface area contributed by atoms with Gasteiger partial charge in [-0.15, -0.1) is 0 Å². The second-order valence-electron chi connectivity index (χ2n) is 5.28. The first-order valence-electron chi connectivity index (χ1n) is 5.18. The molecule has 86 valence electrons. The van der Waals surface area contributed by atoms with Crippen molar-refractivity contribution < 1.29 is 14.0 Å². The third-order valence-corrected chi connectivity index (χ3v) is 2.61. The second kappa shape index (κ2) is 3.91. The summed E-state index contributed by atoms with van der Waals surface area (Å²) >= 11 is 0. The monoisotopic (exact) mass is 215 g/mol. The molecule has 0 radical (unpaired) electrons. The van der Waals surface area contributed by atoms with Crippen molar-refractivity contribution in [2.45, 2.75) is 46.3 Å². The van der Waals surface area contributed by atoms with Crippen molar-refractivity contribution in [3.05, 3.63) is 0 Å². The van der Waals surface area contributed by atoms with Gasteiger partial charge in [-0.1, -0.05) is 20.8 Å². The molecule has 15 heavy (non-hydrogen) atoms. The van der Waals surface area contributed by atoms with Crippen LogP contribution in [0.15, 0.2) is 0 Å². The Hall–Kier alpha value is -0.930. The van der Waals surface area contributed by atoms with E-state index in [4.69, 9.17) is 0 Å². The van der Waals surface area contributed by atoms with E-state index in [1.165, 1.54) is 6.92 Å². The maximum atomic E-state index is 12.6. The van der Waals surface area contributed by atoms with E-state index >= 15 is 0 Å². The van der Waals surface area contributed by atoms with Crippen molar-refractivity contribution >= 4 is 11.7 Å². The molecule has 0 saturated heterocycles. The maximum Gasteiger partial charge on any atom is 0.226 e. The van der Waals surface area contributed by atoms with Crippen molar-refractivity contribution in [1.29, 1.82) is 0 Å². The molecule has 1 saturated carbocycles. The van der Waals surface area contributed by atoms with E-state index in [1.807, 2.05) is 20.8 Å². The number of amides is 1. The Kier molecular flexibility index (Phi) is 3.16. The molecule has 4 heteroatoms. The van der Waals surface area contributed by atoms with Gasteiger partial charge in [-0.3, -0.25) is 9.59 Å². The number of carbonyl (C=O) groups is 2. The molecule has 0 bridgehead atoms. The number of nitrogens with one attached hydrogen (secondary N) is 1. The molecular formula is C11H18FNO2. The molecule has 0 aromatic heterocycles. The molecule has 0 aromatic carbocycles. The van der Waals surface area contributed by atoms with Crippen molar-refractivity contribution in [3.8, 4) is 0 Å². The van der Waals surface area contributed by atoms with Crippen LogP contribution in [0, 0.1) is 11.3 Å². The van der Waals surface area contributed by atoms with Crippen LogP contribution in [0.5, 0.6) is 0 Å². The van der Waals surface area contributed by atoms with Crippen molar-refractivity contribution in [1.82, 2.24) is 5.32 Å². The Balaban J connectivity index is 2.60. The fraction of sp³-hybridized carbons (Fsp3) is 0.818. The highest BCUT2D eigenvalue weighted by Crippen LogP contribution is 2.34. The molecule has 1 N–H and O–H groups in total. The standard InChI is InChI=1S/C11H18FNO2/c1-6(14)9(11(2,3)4)13-10(15)7-5-8(7)12/h7-9H,5H2,1-4H3,(H,13,15)/t7-,8+,9-/m1/s1. The van der Waals surface area contributed by atoms with Gasteiger partial charge in [0.2, 0.25) is 5.91 Å². The lowest BCUT2D eigenvalue weighted by Crippen LogP contribution is -2.48. The second-order valence-corrected chi connectivity index (χ2v) is 5.28. The minimum atomic E-state index is -1.02. The summed E-state index contributed by atoms with van der Waals surface area (Å²) < 4.78 is 12.6. The van der Waals surface area contributed by atoms with Gasteiger partial charge >= 0.3 is 0 Å². The first-order valence-corrected chi connectivity index (χ1v) is 5.18. The predicted octanol–water partition coefficient (Wildman–Crippen LogP) is 1.46. The van der Waals surface area contributed by atoms with Crippen molar-refractivity contribution in [2.75, 3.05) is 0 Å². The zero-order valence-corrected chi connectivity index (χ0v) is 9.63. The first kappa shape index (κ1) is 12.1. The van der Waals surface area contributed by atoms with Crippen LogP contribution in [0.4, 0.5) is 4.39 Å². The number of alkyl halides is 1. The average molecular weight is 215 g/mol. The normalized spacial score (nSPS) is 27.0. The molecule has 0 unspecified atom stereocenters. The topological polar surface area (TPSA) is 46.2 Å². The number of ketones is 1. The largest absolute Gasteiger partial charge is 0.345 e. The average Bonchev–Trinajstić information content (AvgIpc) is 2.75. The molecule has 0 aliphatic heterocycles. The van der Waals surface area contributed by atoms with Gasteiger partial charge in [0.05, 0.1) is 12.0 Å². The summed E-state index contributed by atoms with van der Waals surface area (Å²) in [5, 5.41) is 2.62. The van der Waals surface area contributed by atoms with E-state index in [9.17, 15) is 14.0 Å². The lowest BCUT2D eigenvalue weighted by Gasteiger charge is -2.29. The Morgan fingerprint density at radius 1 is 1.40 bits per heavy atom. The molecule has 1 aliphatic carbocycles. The maximum absolute atomic E-state index is 12.6. The summed E-state index contributed by atoms with van der Waals surface area (Å²) in [5.74, 6) is -0.960. The number of hydrogen-bond donors (Lipinski definition) is 1. The SMILES string of the molecule is CC(=O)[C@@H](NC(=O)[C@@H]1C[C@@H]1F)C(C)(C)C. The number of Topliss-reactive ketones (excluding diaryl/α,β-unsaturated/α-hetero) is 1. The van der Waals surface area contributed by atoms with Crippen LogP contribution in [0.1, 0.15) is 34.1 Å². The van der Waals surface area contributed by atoms with Crippen LogP contribution in [-0.4, -0.2) is 23.9 Å². The highest BCUT2D eigenvalue weighted by molar-refractivity contribution is 5.90. The van der Waals surface area contributed by atoms with Gasteiger partial charge in [0, 0.05) is 0 Å². The summed E-state index contributed by atoms with van der Waals surface area (Å²) in [7, 11) is 0. The smallest absolute Gasteiger partial charge is 0.226 e. The summed E-state index contributed by atoms with van der Waals surface area (Å²) in [6, 6.07) is -0.530. The minimum Gasteiger partial charge on any atom is -0.345 e. The number of halogens is 1. The Morgan fingerprint density at radius 3 is 2.13 bits per heavy atom. The van der Waals surface area contributed by atoms with Crippen LogP contribution in [0.25, 0.3) is 0 Å². The molecule has 0 heterocycles. The zero-order chi connectivity index (χ0) is 11.8. The van der Waals surface area contributed by atoms with Gasteiger partial charge in [0.25, 0.3) is 0 Å². The van der Waals surface area contributed by atoms with E-state index in [0.717, 1.165) is 0 Å². The summed E-state index contributed by atoms with van der Waals surface area (Å²) in [5.41, 5.74) is -0.331. The van der Waals surface area contributed by atoms with Crippen LogP contribution in [0.2, 0.25) is 0 Å². The van der Waals surface area contributed by atoms with Gasteiger partial charge < -0.3 is 5.32 Å². The van der Waals surface area contributed by atoms with Gasteiger partial charge in [-0.2, -0.15) is 0 Å². The number of carbonyl (C=O) groups excluding carboxylic acids is 2. The Labute approximate surface area is 89.4 Å². The third-order valence-electron chi connectivity index (χ3n) is 2.61. The minimum absolute atomic E-state index is 0.0908. The summed E-state index contributed by atoms with van der Waals surface area (Å²) in [6.07, 6.45) is -0.724.